The number of rotatable bonds is 7. The zero-order valence-electron chi connectivity index (χ0n) is 17.7. The summed E-state index contributed by atoms with van der Waals surface area (Å²) in [4.78, 5) is 43.4. The molecule has 6 heteroatoms. The van der Waals surface area contributed by atoms with Gasteiger partial charge >= 0.3 is 0 Å². The van der Waals surface area contributed by atoms with Crippen LogP contribution in [0.3, 0.4) is 0 Å². The molecule has 0 N–H and O–H groups in total. The minimum Gasteiger partial charge on any atom is -0.333 e. The van der Waals surface area contributed by atoms with Crippen LogP contribution in [-0.2, 0) is 14.4 Å². The van der Waals surface area contributed by atoms with Gasteiger partial charge in [-0.05, 0) is 43.9 Å². The van der Waals surface area contributed by atoms with E-state index >= 15 is 0 Å². The molecule has 2 fully saturated rings. The standard InChI is InChI=1S/C23H33N3O3/c1-3-4-13-24(23(29)19-10-6-5-7-11-19)15-21(27)25-16-22(28)26(17-25)20-12-8-9-18(2)14-20/h8-9,12,14,19H,3-7,10-11,13,15-17H2,1-2H3. The second-order valence-electron chi connectivity index (χ2n) is 8.34. The summed E-state index contributed by atoms with van der Waals surface area (Å²) >= 11 is 0. The van der Waals surface area contributed by atoms with Gasteiger partial charge in [-0.25, -0.2) is 0 Å². The first kappa shape index (κ1) is 21.3. The van der Waals surface area contributed by atoms with Crippen LogP contribution in [0.15, 0.2) is 24.3 Å². The van der Waals surface area contributed by atoms with Crippen molar-refractivity contribution in [1.29, 1.82) is 0 Å². The highest BCUT2D eigenvalue weighted by Crippen LogP contribution is 2.26. The van der Waals surface area contributed by atoms with Crippen molar-refractivity contribution in [2.45, 2.75) is 58.8 Å². The van der Waals surface area contributed by atoms with E-state index in [4.69, 9.17) is 0 Å². The van der Waals surface area contributed by atoms with Gasteiger partial charge in [-0.15, -0.1) is 0 Å². The number of carbonyl (C=O) groups excluding carboxylic acids is 3. The van der Waals surface area contributed by atoms with Gasteiger partial charge in [-0.2, -0.15) is 0 Å². The van der Waals surface area contributed by atoms with Crippen molar-refractivity contribution in [2.24, 2.45) is 5.92 Å². The number of anilines is 1. The van der Waals surface area contributed by atoms with Crippen molar-refractivity contribution in [3.05, 3.63) is 29.8 Å². The Balaban J connectivity index is 1.64. The molecule has 1 aromatic carbocycles. The average molecular weight is 400 g/mol. The molecule has 0 bridgehead atoms. The van der Waals surface area contributed by atoms with Gasteiger partial charge in [-0.3, -0.25) is 19.3 Å². The molecule has 1 saturated heterocycles. The molecular formula is C23H33N3O3. The third kappa shape index (κ3) is 5.37. The fourth-order valence-corrected chi connectivity index (χ4v) is 4.22. The number of hydrogen-bond acceptors (Lipinski definition) is 3. The van der Waals surface area contributed by atoms with E-state index in [-0.39, 0.29) is 43.4 Å². The number of benzene rings is 1. The summed E-state index contributed by atoms with van der Waals surface area (Å²) in [6, 6.07) is 7.73. The first-order valence-electron chi connectivity index (χ1n) is 10.9. The molecule has 1 heterocycles. The van der Waals surface area contributed by atoms with Crippen LogP contribution in [0.1, 0.15) is 57.4 Å². The first-order chi connectivity index (χ1) is 14.0. The van der Waals surface area contributed by atoms with Crippen molar-refractivity contribution in [3.8, 4) is 0 Å². The van der Waals surface area contributed by atoms with E-state index in [9.17, 15) is 14.4 Å². The van der Waals surface area contributed by atoms with Crippen molar-refractivity contribution in [3.63, 3.8) is 0 Å². The Kier molecular flexibility index (Phi) is 7.29. The molecule has 2 aliphatic rings. The molecular weight excluding hydrogens is 366 g/mol. The summed E-state index contributed by atoms with van der Waals surface area (Å²) in [6.45, 7) is 5.08. The maximum atomic E-state index is 13.0. The van der Waals surface area contributed by atoms with Gasteiger partial charge in [0.05, 0.1) is 6.54 Å². The Bertz CT molecular complexity index is 743. The van der Waals surface area contributed by atoms with Crippen LogP contribution in [0.4, 0.5) is 5.69 Å². The van der Waals surface area contributed by atoms with E-state index in [1.807, 2.05) is 31.2 Å². The van der Waals surface area contributed by atoms with Gasteiger partial charge in [-0.1, -0.05) is 44.7 Å². The van der Waals surface area contributed by atoms with Crippen molar-refractivity contribution in [1.82, 2.24) is 9.80 Å². The summed E-state index contributed by atoms with van der Waals surface area (Å²) in [6.07, 6.45) is 7.11. The number of carbonyl (C=O) groups is 3. The zero-order valence-corrected chi connectivity index (χ0v) is 17.7. The molecule has 0 spiro atoms. The Morgan fingerprint density at radius 2 is 1.93 bits per heavy atom. The quantitative estimate of drug-likeness (QED) is 0.707. The highest BCUT2D eigenvalue weighted by atomic mass is 16.2. The van der Waals surface area contributed by atoms with Crippen LogP contribution in [0.2, 0.25) is 0 Å². The van der Waals surface area contributed by atoms with Gasteiger partial charge in [0.15, 0.2) is 0 Å². The van der Waals surface area contributed by atoms with E-state index < -0.39 is 0 Å². The normalized spacial score (nSPS) is 17.7. The Hall–Kier alpha value is -2.37. The van der Waals surface area contributed by atoms with Gasteiger partial charge in [0, 0.05) is 18.2 Å². The van der Waals surface area contributed by atoms with E-state index in [2.05, 4.69) is 6.92 Å². The maximum absolute atomic E-state index is 13.0. The molecule has 158 valence electrons. The number of aryl methyl sites for hydroxylation is 1. The highest BCUT2D eigenvalue weighted by molar-refractivity contribution is 6.00. The van der Waals surface area contributed by atoms with E-state index in [0.717, 1.165) is 49.8 Å². The maximum Gasteiger partial charge on any atom is 0.248 e. The Morgan fingerprint density at radius 1 is 1.17 bits per heavy atom. The van der Waals surface area contributed by atoms with E-state index in [1.165, 1.54) is 6.42 Å². The molecule has 3 rings (SSSR count). The SMILES string of the molecule is CCCCN(CC(=O)N1CC(=O)N(c2cccc(C)c2)C1)C(=O)C1CCCCC1. The molecule has 1 aliphatic heterocycles. The molecule has 0 radical (unpaired) electrons. The summed E-state index contributed by atoms with van der Waals surface area (Å²) in [7, 11) is 0. The Labute approximate surface area is 173 Å². The molecule has 3 amide bonds. The van der Waals surface area contributed by atoms with Gasteiger partial charge in [0.2, 0.25) is 17.7 Å². The van der Waals surface area contributed by atoms with E-state index in [1.54, 1.807) is 14.7 Å². The lowest BCUT2D eigenvalue weighted by Crippen LogP contribution is -2.45. The predicted molar refractivity (Wildman–Crippen MR) is 113 cm³/mol. The van der Waals surface area contributed by atoms with Gasteiger partial charge < -0.3 is 9.80 Å². The van der Waals surface area contributed by atoms with Crippen LogP contribution in [0, 0.1) is 12.8 Å². The zero-order chi connectivity index (χ0) is 20.8. The lowest BCUT2D eigenvalue weighted by Gasteiger charge is -2.30. The average Bonchev–Trinajstić information content (AvgIpc) is 3.13. The predicted octanol–water partition coefficient (Wildman–Crippen LogP) is 3.34. The van der Waals surface area contributed by atoms with Crippen LogP contribution in [0.5, 0.6) is 0 Å². The second-order valence-corrected chi connectivity index (χ2v) is 8.34. The molecule has 0 atom stereocenters. The first-order valence-corrected chi connectivity index (χ1v) is 10.9. The largest absolute Gasteiger partial charge is 0.333 e. The fraction of sp³-hybridized carbons (Fsp3) is 0.609. The summed E-state index contributed by atoms with van der Waals surface area (Å²) in [5.41, 5.74) is 1.88. The topological polar surface area (TPSA) is 60.9 Å². The number of nitrogens with zero attached hydrogens (tertiary/aromatic N) is 3. The summed E-state index contributed by atoms with van der Waals surface area (Å²) in [5.74, 6) is -0.0543. The molecule has 1 aromatic rings. The smallest absolute Gasteiger partial charge is 0.248 e. The third-order valence-corrected chi connectivity index (χ3v) is 5.98. The lowest BCUT2D eigenvalue weighted by molar-refractivity contribution is -0.143. The lowest BCUT2D eigenvalue weighted by atomic mass is 9.88. The Morgan fingerprint density at radius 3 is 2.62 bits per heavy atom. The second kappa shape index (κ2) is 9.90. The van der Waals surface area contributed by atoms with Crippen LogP contribution in [-0.4, -0.2) is 53.8 Å². The molecule has 0 unspecified atom stereocenters. The van der Waals surface area contributed by atoms with Gasteiger partial charge in [0.1, 0.15) is 13.2 Å². The third-order valence-electron chi connectivity index (χ3n) is 5.98. The van der Waals surface area contributed by atoms with Crippen molar-refractivity contribution >= 4 is 23.4 Å². The van der Waals surface area contributed by atoms with Crippen molar-refractivity contribution < 1.29 is 14.4 Å². The summed E-state index contributed by atoms with van der Waals surface area (Å²) < 4.78 is 0. The minimum absolute atomic E-state index is 0.0532. The summed E-state index contributed by atoms with van der Waals surface area (Å²) in [5, 5.41) is 0. The molecule has 29 heavy (non-hydrogen) atoms. The molecule has 0 aromatic heterocycles. The van der Waals surface area contributed by atoms with E-state index in [0.29, 0.717) is 6.54 Å². The number of unbranched alkanes of at least 4 members (excludes halogenated alkanes) is 1. The molecule has 1 aliphatic carbocycles. The fourth-order valence-electron chi connectivity index (χ4n) is 4.22. The molecule has 6 nitrogen and oxygen atoms in total. The van der Waals surface area contributed by atoms with Crippen LogP contribution < -0.4 is 4.90 Å². The highest BCUT2D eigenvalue weighted by Gasteiger charge is 2.34. The minimum atomic E-state index is -0.145. The molecule has 1 saturated carbocycles. The number of hydrogen-bond donors (Lipinski definition) is 0. The van der Waals surface area contributed by atoms with Crippen LogP contribution >= 0.6 is 0 Å². The monoisotopic (exact) mass is 399 g/mol. The van der Waals surface area contributed by atoms with Crippen LogP contribution in [0.25, 0.3) is 0 Å². The van der Waals surface area contributed by atoms with Gasteiger partial charge in [0.25, 0.3) is 0 Å². The van der Waals surface area contributed by atoms with Crippen molar-refractivity contribution in [2.75, 3.05) is 31.2 Å². The number of amides is 3.